The van der Waals surface area contributed by atoms with E-state index in [4.69, 9.17) is 0 Å². The van der Waals surface area contributed by atoms with Crippen molar-refractivity contribution in [2.24, 2.45) is 0 Å². The van der Waals surface area contributed by atoms with E-state index < -0.39 is 5.60 Å². The Hall–Kier alpha value is -0.560. The second-order valence-electron chi connectivity index (χ2n) is 4.24. The van der Waals surface area contributed by atoms with Gasteiger partial charge in [-0.3, -0.25) is 0 Å². The number of hydrogen-bond acceptors (Lipinski definition) is 1. The first-order valence-electron chi connectivity index (χ1n) is 5.16. The highest BCUT2D eigenvalue weighted by Gasteiger charge is 2.14. The molecule has 0 aromatic heterocycles. The van der Waals surface area contributed by atoms with Gasteiger partial charge in [-0.2, -0.15) is 0 Å². The predicted molar refractivity (Wildman–Crippen MR) is 56.6 cm³/mol. The minimum atomic E-state index is -0.584. The van der Waals surface area contributed by atoms with Crippen LogP contribution in [-0.4, -0.2) is 10.7 Å². The number of allylic oxidation sites excluding steroid dienone is 3. The Kier molecular flexibility index (Phi) is 3.73. The molecule has 0 saturated carbocycles. The molecule has 1 aliphatic rings. The molecule has 0 saturated heterocycles. The molecule has 0 spiro atoms. The Morgan fingerprint density at radius 2 is 2.15 bits per heavy atom. The molecule has 1 heteroatoms. The van der Waals surface area contributed by atoms with Crippen molar-refractivity contribution in [3.05, 3.63) is 23.8 Å². The molecule has 0 aromatic rings. The Balaban J connectivity index is 2.55. The van der Waals surface area contributed by atoms with Gasteiger partial charge >= 0.3 is 0 Å². The minimum Gasteiger partial charge on any atom is -0.386 e. The zero-order valence-corrected chi connectivity index (χ0v) is 8.71. The van der Waals surface area contributed by atoms with E-state index in [0.717, 1.165) is 32.1 Å². The molecule has 0 aliphatic heterocycles. The first kappa shape index (κ1) is 10.5. The highest BCUT2D eigenvalue weighted by molar-refractivity contribution is 5.05. The van der Waals surface area contributed by atoms with Crippen molar-refractivity contribution in [3.8, 4) is 0 Å². The first-order chi connectivity index (χ1) is 6.10. The van der Waals surface area contributed by atoms with Gasteiger partial charge in [0.05, 0.1) is 5.60 Å². The quantitative estimate of drug-likeness (QED) is 0.567. The van der Waals surface area contributed by atoms with Gasteiger partial charge in [0.1, 0.15) is 0 Å². The van der Waals surface area contributed by atoms with Gasteiger partial charge in [0.15, 0.2) is 0 Å². The van der Waals surface area contributed by atoms with Gasteiger partial charge in [-0.1, -0.05) is 23.8 Å². The van der Waals surface area contributed by atoms with Crippen molar-refractivity contribution >= 4 is 0 Å². The molecule has 1 atom stereocenters. The fourth-order valence-electron chi connectivity index (χ4n) is 1.64. The van der Waals surface area contributed by atoms with Gasteiger partial charge in [0, 0.05) is 0 Å². The molecule has 1 nitrogen and oxygen atoms in total. The van der Waals surface area contributed by atoms with E-state index in [9.17, 15) is 5.11 Å². The SMILES string of the molecule is C/C1=C\CCCC(C)(O)/C=C\CC1. The van der Waals surface area contributed by atoms with Crippen molar-refractivity contribution in [1.29, 1.82) is 0 Å². The summed E-state index contributed by atoms with van der Waals surface area (Å²) in [5.74, 6) is 0. The normalized spacial score (nSPS) is 37.6. The third kappa shape index (κ3) is 4.28. The van der Waals surface area contributed by atoms with Crippen molar-refractivity contribution in [2.75, 3.05) is 0 Å². The summed E-state index contributed by atoms with van der Waals surface area (Å²) in [5, 5.41) is 9.85. The average molecular weight is 180 g/mol. The molecule has 74 valence electrons. The zero-order chi connectivity index (χ0) is 9.73. The van der Waals surface area contributed by atoms with Gasteiger partial charge < -0.3 is 5.11 Å². The van der Waals surface area contributed by atoms with Gasteiger partial charge in [0.25, 0.3) is 0 Å². The lowest BCUT2D eigenvalue weighted by molar-refractivity contribution is 0.0993. The van der Waals surface area contributed by atoms with Crippen LogP contribution in [0.4, 0.5) is 0 Å². The molecule has 0 radical (unpaired) electrons. The van der Waals surface area contributed by atoms with Crippen LogP contribution in [0.25, 0.3) is 0 Å². The molecule has 1 N–H and O–H groups in total. The van der Waals surface area contributed by atoms with E-state index in [-0.39, 0.29) is 0 Å². The van der Waals surface area contributed by atoms with Crippen LogP contribution < -0.4 is 0 Å². The average Bonchev–Trinajstić information content (AvgIpc) is 2.06. The summed E-state index contributed by atoms with van der Waals surface area (Å²) in [6.45, 7) is 4.08. The molecule has 13 heavy (non-hydrogen) atoms. The van der Waals surface area contributed by atoms with Gasteiger partial charge in [-0.25, -0.2) is 0 Å². The maximum absolute atomic E-state index is 9.85. The van der Waals surface area contributed by atoms with E-state index in [1.807, 2.05) is 13.0 Å². The molecule has 0 aromatic carbocycles. The number of rotatable bonds is 0. The zero-order valence-electron chi connectivity index (χ0n) is 8.71. The lowest BCUT2D eigenvalue weighted by Crippen LogP contribution is -2.20. The summed E-state index contributed by atoms with van der Waals surface area (Å²) >= 11 is 0. The monoisotopic (exact) mass is 180 g/mol. The lowest BCUT2D eigenvalue weighted by Gasteiger charge is -2.19. The van der Waals surface area contributed by atoms with Gasteiger partial charge in [-0.15, -0.1) is 0 Å². The summed E-state index contributed by atoms with van der Waals surface area (Å²) < 4.78 is 0. The van der Waals surface area contributed by atoms with E-state index in [1.54, 1.807) is 0 Å². The topological polar surface area (TPSA) is 20.2 Å². The van der Waals surface area contributed by atoms with E-state index in [2.05, 4.69) is 19.1 Å². The molecule has 0 amide bonds. The van der Waals surface area contributed by atoms with Gasteiger partial charge in [0.2, 0.25) is 0 Å². The van der Waals surface area contributed by atoms with Crippen LogP contribution >= 0.6 is 0 Å². The third-order valence-corrected chi connectivity index (χ3v) is 2.56. The van der Waals surface area contributed by atoms with Crippen LogP contribution in [0.3, 0.4) is 0 Å². The van der Waals surface area contributed by atoms with Crippen LogP contribution in [0.2, 0.25) is 0 Å². The molecule has 1 aliphatic carbocycles. The Morgan fingerprint density at radius 3 is 2.92 bits per heavy atom. The van der Waals surface area contributed by atoms with Crippen LogP contribution in [-0.2, 0) is 0 Å². The van der Waals surface area contributed by atoms with E-state index in [1.165, 1.54) is 5.57 Å². The largest absolute Gasteiger partial charge is 0.386 e. The summed E-state index contributed by atoms with van der Waals surface area (Å²) in [4.78, 5) is 0. The highest BCUT2D eigenvalue weighted by atomic mass is 16.3. The second kappa shape index (κ2) is 4.61. The van der Waals surface area contributed by atoms with Gasteiger partial charge in [-0.05, 0) is 46.0 Å². The van der Waals surface area contributed by atoms with Crippen LogP contribution in [0.1, 0.15) is 46.0 Å². The van der Waals surface area contributed by atoms with Crippen molar-refractivity contribution in [2.45, 2.75) is 51.6 Å². The maximum Gasteiger partial charge on any atom is 0.0799 e. The highest BCUT2D eigenvalue weighted by Crippen LogP contribution is 2.19. The second-order valence-corrected chi connectivity index (χ2v) is 4.24. The first-order valence-corrected chi connectivity index (χ1v) is 5.16. The molecule has 0 heterocycles. The fourth-order valence-corrected chi connectivity index (χ4v) is 1.64. The molecular weight excluding hydrogens is 160 g/mol. The van der Waals surface area contributed by atoms with Crippen molar-refractivity contribution in [1.82, 2.24) is 0 Å². The molecule has 1 rings (SSSR count). The Morgan fingerprint density at radius 1 is 1.38 bits per heavy atom. The third-order valence-electron chi connectivity index (χ3n) is 2.56. The molecule has 0 bridgehead atoms. The van der Waals surface area contributed by atoms with E-state index >= 15 is 0 Å². The number of hydrogen-bond donors (Lipinski definition) is 1. The smallest absolute Gasteiger partial charge is 0.0799 e. The van der Waals surface area contributed by atoms with E-state index in [0.29, 0.717) is 0 Å². The Labute approximate surface area is 81.2 Å². The number of aliphatic hydroxyl groups is 1. The van der Waals surface area contributed by atoms with Crippen LogP contribution in [0.15, 0.2) is 23.8 Å². The summed E-state index contributed by atoms with van der Waals surface area (Å²) in [5.41, 5.74) is 0.894. The molecule has 1 unspecified atom stereocenters. The Bertz CT molecular complexity index is 211. The summed E-state index contributed by atoms with van der Waals surface area (Å²) in [6.07, 6.45) is 11.6. The standard InChI is InChI=1S/C12H20O/c1-11-7-3-5-9-12(2,13)10-6-4-8-11/h5,8-9,13H,3-4,6-7,10H2,1-2H3/b9-5-,11-8+. The molecule has 0 fully saturated rings. The van der Waals surface area contributed by atoms with Crippen LogP contribution in [0.5, 0.6) is 0 Å². The van der Waals surface area contributed by atoms with Crippen LogP contribution in [0, 0.1) is 0 Å². The van der Waals surface area contributed by atoms with Crippen molar-refractivity contribution in [3.63, 3.8) is 0 Å². The predicted octanol–water partition coefficient (Wildman–Crippen LogP) is 3.20. The summed E-state index contributed by atoms with van der Waals surface area (Å²) in [7, 11) is 0. The maximum atomic E-state index is 9.85. The lowest BCUT2D eigenvalue weighted by atomic mass is 9.95. The molecular formula is C12H20O. The fraction of sp³-hybridized carbons (Fsp3) is 0.667. The van der Waals surface area contributed by atoms with Crippen molar-refractivity contribution < 1.29 is 5.11 Å². The minimum absolute atomic E-state index is 0.584. The summed E-state index contributed by atoms with van der Waals surface area (Å²) in [6, 6.07) is 0.